The standard InChI is InChI=1S/C13H21N/c1-12(2,3)13(4,14)10-11-8-6-5-7-9-11/h5-9H,10,14H2,1-4H3. The molecule has 0 bridgehead atoms. The molecule has 78 valence electrons. The van der Waals surface area contributed by atoms with Gasteiger partial charge in [-0.3, -0.25) is 0 Å². The van der Waals surface area contributed by atoms with Crippen LogP contribution in [0.5, 0.6) is 0 Å². The molecule has 2 N–H and O–H groups in total. The van der Waals surface area contributed by atoms with Gasteiger partial charge in [-0.25, -0.2) is 0 Å². The lowest BCUT2D eigenvalue weighted by molar-refractivity contribution is 0.207. The van der Waals surface area contributed by atoms with Crippen molar-refractivity contribution in [3.8, 4) is 0 Å². The van der Waals surface area contributed by atoms with Crippen LogP contribution in [0.2, 0.25) is 0 Å². The van der Waals surface area contributed by atoms with Gasteiger partial charge in [0.25, 0.3) is 0 Å². The molecule has 1 heteroatoms. The summed E-state index contributed by atoms with van der Waals surface area (Å²) in [5.74, 6) is 0. The normalized spacial score (nSPS) is 16.4. The van der Waals surface area contributed by atoms with Crippen LogP contribution in [0.4, 0.5) is 0 Å². The molecule has 0 saturated carbocycles. The molecule has 0 aliphatic rings. The molecule has 1 unspecified atom stereocenters. The highest BCUT2D eigenvalue weighted by Crippen LogP contribution is 2.30. The van der Waals surface area contributed by atoms with Crippen molar-refractivity contribution in [3.05, 3.63) is 35.9 Å². The van der Waals surface area contributed by atoms with Gasteiger partial charge < -0.3 is 5.73 Å². The van der Waals surface area contributed by atoms with Gasteiger partial charge in [-0.15, -0.1) is 0 Å². The largest absolute Gasteiger partial charge is 0.325 e. The summed E-state index contributed by atoms with van der Waals surface area (Å²) in [6.07, 6.45) is 0.928. The first kappa shape index (κ1) is 11.3. The average Bonchev–Trinajstić information content (AvgIpc) is 2.03. The Bertz CT molecular complexity index is 280. The van der Waals surface area contributed by atoms with Gasteiger partial charge in [0, 0.05) is 5.54 Å². The summed E-state index contributed by atoms with van der Waals surface area (Å²) in [5.41, 5.74) is 7.61. The SMILES string of the molecule is CC(C)(C)C(C)(N)Cc1ccccc1. The average molecular weight is 191 g/mol. The Labute approximate surface area is 87.3 Å². The molecule has 1 nitrogen and oxygen atoms in total. The highest BCUT2D eigenvalue weighted by atomic mass is 14.8. The quantitative estimate of drug-likeness (QED) is 0.764. The second kappa shape index (κ2) is 3.74. The van der Waals surface area contributed by atoms with Crippen molar-refractivity contribution in [1.82, 2.24) is 0 Å². The van der Waals surface area contributed by atoms with E-state index in [1.165, 1.54) is 5.56 Å². The molecular weight excluding hydrogens is 170 g/mol. The predicted molar refractivity (Wildman–Crippen MR) is 62.2 cm³/mol. The highest BCUT2D eigenvalue weighted by Gasteiger charge is 2.33. The summed E-state index contributed by atoms with van der Waals surface area (Å²) >= 11 is 0. The van der Waals surface area contributed by atoms with E-state index >= 15 is 0 Å². The second-order valence-corrected chi connectivity index (χ2v) is 5.33. The van der Waals surface area contributed by atoms with Gasteiger partial charge in [0.15, 0.2) is 0 Å². The third kappa shape index (κ3) is 2.58. The maximum Gasteiger partial charge on any atom is 0.0215 e. The molecule has 0 fully saturated rings. The van der Waals surface area contributed by atoms with Crippen LogP contribution >= 0.6 is 0 Å². The summed E-state index contributed by atoms with van der Waals surface area (Å²) in [6, 6.07) is 10.4. The van der Waals surface area contributed by atoms with Gasteiger partial charge in [-0.05, 0) is 24.3 Å². The van der Waals surface area contributed by atoms with Crippen LogP contribution in [0.3, 0.4) is 0 Å². The summed E-state index contributed by atoms with van der Waals surface area (Å²) in [6.45, 7) is 8.70. The molecule has 0 spiro atoms. The number of nitrogens with two attached hydrogens (primary N) is 1. The zero-order chi connectivity index (χ0) is 10.8. The Balaban J connectivity index is 2.79. The molecular formula is C13H21N. The predicted octanol–water partition coefficient (Wildman–Crippen LogP) is 2.99. The fraction of sp³-hybridized carbons (Fsp3) is 0.538. The third-order valence-electron chi connectivity index (χ3n) is 3.13. The number of benzene rings is 1. The Morgan fingerprint density at radius 2 is 1.50 bits per heavy atom. The molecule has 0 aliphatic heterocycles. The van der Waals surface area contributed by atoms with Gasteiger partial charge in [-0.2, -0.15) is 0 Å². The molecule has 1 rings (SSSR count). The zero-order valence-corrected chi connectivity index (χ0v) is 9.67. The Hall–Kier alpha value is -0.820. The smallest absolute Gasteiger partial charge is 0.0215 e. The monoisotopic (exact) mass is 191 g/mol. The van der Waals surface area contributed by atoms with E-state index in [1.54, 1.807) is 0 Å². The minimum absolute atomic E-state index is 0.128. The molecule has 1 aromatic rings. The lowest BCUT2D eigenvalue weighted by Gasteiger charge is -2.38. The van der Waals surface area contributed by atoms with Crippen molar-refractivity contribution in [3.63, 3.8) is 0 Å². The van der Waals surface area contributed by atoms with Crippen LogP contribution in [0.1, 0.15) is 33.3 Å². The van der Waals surface area contributed by atoms with Crippen molar-refractivity contribution in [2.75, 3.05) is 0 Å². The third-order valence-corrected chi connectivity index (χ3v) is 3.13. The molecule has 1 atom stereocenters. The van der Waals surface area contributed by atoms with Gasteiger partial charge >= 0.3 is 0 Å². The van der Waals surface area contributed by atoms with E-state index in [1.807, 2.05) is 6.07 Å². The maximum atomic E-state index is 6.33. The lowest BCUT2D eigenvalue weighted by atomic mass is 9.72. The van der Waals surface area contributed by atoms with Crippen LogP contribution < -0.4 is 5.73 Å². The second-order valence-electron chi connectivity index (χ2n) is 5.33. The van der Waals surface area contributed by atoms with Crippen LogP contribution in [0, 0.1) is 5.41 Å². The molecule has 0 radical (unpaired) electrons. The van der Waals surface area contributed by atoms with Gasteiger partial charge in [-0.1, -0.05) is 51.1 Å². The molecule has 0 saturated heterocycles. The first-order chi connectivity index (χ1) is 6.33. The van der Waals surface area contributed by atoms with E-state index in [2.05, 4.69) is 52.0 Å². The number of hydrogen-bond donors (Lipinski definition) is 1. The van der Waals surface area contributed by atoms with Crippen LogP contribution in [0.25, 0.3) is 0 Å². The summed E-state index contributed by atoms with van der Waals surface area (Å²) in [4.78, 5) is 0. The van der Waals surface area contributed by atoms with Crippen molar-refractivity contribution < 1.29 is 0 Å². The van der Waals surface area contributed by atoms with Crippen molar-refractivity contribution in [2.24, 2.45) is 11.1 Å². The summed E-state index contributed by atoms with van der Waals surface area (Å²) < 4.78 is 0. The highest BCUT2D eigenvalue weighted by molar-refractivity contribution is 5.18. The molecule has 14 heavy (non-hydrogen) atoms. The minimum atomic E-state index is -0.158. The van der Waals surface area contributed by atoms with Crippen molar-refractivity contribution >= 4 is 0 Å². The van der Waals surface area contributed by atoms with Crippen molar-refractivity contribution in [1.29, 1.82) is 0 Å². The van der Waals surface area contributed by atoms with Crippen LogP contribution in [0.15, 0.2) is 30.3 Å². The molecule has 0 aliphatic carbocycles. The van der Waals surface area contributed by atoms with E-state index < -0.39 is 0 Å². The van der Waals surface area contributed by atoms with E-state index in [4.69, 9.17) is 5.73 Å². The van der Waals surface area contributed by atoms with Crippen LogP contribution in [-0.4, -0.2) is 5.54 Å². The first-order valence-corrected chi connectivity index (χ1v) is 5.16. The Kier molecular flexibility index (Phi) is 3.01. The van der Waals surface area contributed by atoms with Crippen molar-refractivity contribution in [2.45, 2.75) is 39.7 Å². The summed E-state index contributed by atoms with van der Waals surface area (Å²) in [5, 5.41) is 0. The van der Waals surface area contributed by atoms with Gasteiger partial charge in [0.1, 0.15) is 0 Å². The van der Waals surface area contributed by atoms with Crippen LogP contribution in [-0.2, 0) is 6.42 Å². The molecule has 1 aromatic carbocycles. The van der Waals surface area contributed by atoms with E-state index in [-0.39, 0.29) is 11.0 Å². The minimum Gasteiger partial charge on any atom is -0.325 e. The molecule has 0 heterocycles. The fourth-order valence-electron chi connectivity index (χ4n) is 1.29. The molecule has 0 amide bonds. The Morgan fingerprint density at radius 3 is 1.93 bits per heavy atom. The first-order valence-electron chi connectivity index (χ1n) is 5.16. The summed E-state index contributed by atoms with van der Waals surface area (Å²) in [7, 11) is 0. The van der Waals surface area contributed by atoms with E-state index in [0.29, 0.717) is 0 Å². The zero-order valence-electron chi connectivity index (χ0n) is 9.67. The van der Waals surface area contributed by atoms with E-state index in [0.717, 1.165) is 6.42 Å². The van der Waals surface area contributed by atoms with E-state index in [9.17, 15) is 0 Å². The number of rotatable bonds is 2. The lowest BCUT2D eigenvalue weighted by Crippen LogP contribution is -2.50. The fourth-order valence-corrected chi connectivity index (χ4v) is 1.29. The van der Waals surface area contributed by atoms with Gasteiger partial charge in [0.2, 0.25) is 0 Å². The Morgan fingerprint density at radius 1 is 1.00 bits per heavy atom. The topological polar surface area (TPSA) is 26.0 Å². The molecule has 0 aromatic heterocycles. The van der Waals surface area contributed by atoms with Gasteiger partial charge in [0.05, 0.1) is 0 Å². The maximum absolute atomic E-state index is 6.33. The number of hydrogen-bond acceptors (Lipinski definition) is 1.